The Morgan fingerprint density at radius 2 is 1.82 bits per heavy atom. The van der Waals surface area contributed by atoms with Gasteiger partial charge in [0.15, 0.2) is 0 Å². The van der Waals surface area contributed by atoms with Crippen LogP contribution in [0.4, 0.5) is 22.2 Å². The Morgan fingerprint density at radius 3 is 2.46 bits per heavy atom. The first-order chi connectivity index (χ1) is 13.3. The molecule has 0 saturated heterocycles. The van der Waals surface area contributed by atoms with Crippen LogP contribution >= 0.6 is 11.3 Å². The number of para-hydroxylation sites is 1. The van der Waals surface area contributed by atoms with Gasteiger partial charge in [-0.25, -0.2) is 13.0 Å². The zero-order valence-electron chi connectivity index (χ0n) is 16.4. The van der Waals surface area contributed by atoms with Crippen molar-refractivity contribution in [3.8, 4) is 0 Å². The summed E-state index contributed by atoms with van der Waals surface area (Å²) in [7, 11) is -1.50. The van der Waals surface area contributed by atoms with Gasteiger partial charge in [-0.05, 0) is 60.6 Å². The van der Waals surface area contributed by atoms with Gasteiger partial charge in [0, 0.05) is 18.8 Å². The number of fused-ring (bicyclic) bond motifs is 1. The smallest absolute Gasteiger partial charge is 0.372 e. The second-order valence-corrected chi connectivity index (χ2v) is 9.12. The number of benzene rings is 2. The van der Waals surface area contributed by atoms with Gasteiger partial charge in [-0.15, -0.1) is 0 Å². The van der Waals surface area contributed by atoms with E-state index in [1.807, 2.05) is 41.9 Å². The Labute approximate surface area is 169 Å². The number of sulfonamides is 1. The largest absolute Gasteiger partial charge is 0.409 e. The minimum Gasteiger partial charge on any atom is -0.372 e. The number of aryl methyl sites for hydroxylation is 1. The number of thiazole rings is 1. The zero-order chi connectivity index (χ0) is 20.3. The maximum absolute atomic E-state index is 11.8. The highest BCUT2D eigenvalue weighted by molar-refractivity contribution is 7.92. The molecule has 0 bridgehead atoms. The summed E-state index contributed by atoms with van der Waals surface area (Å²) in [6, 6.07) is 13.6. The number of nitrogens with one attached hydrogen (secondary N) is 1. The predicted molar refractivity (Wildman–Crippen MR) is 116 cm³/mol. The van der Waals surface area contributed by atoms with Gasteiger partial charge in [-0.3, -0.25) is 4.72 Å². The number of hydrogen-bond donors (Lipinski definition) is 1. The first-order valence-corrected chi connectivity index (χ1v) is 11.7. The zero-order valence-corrected chi connectivity index (χ0v) is 18.0. The lowest BCUT2D eigenvalue weighted by molar-refractivity contribution is -0.627. The molecule has 9 heteroatoms. The van der Waals surface area contributed by atoms with E-state index >= 15 is 0 Å². The summed E-state index contributed by atoms with van der Waals surface area (Å²) >= 11 is 1.53. The fraction of sp³-hybridized carbons (Fsp3) is 0.316. The van der Waals surface area contributed by atoms with Crippen molar-refractivity contribution in [2.24, 2.45) is 17.3 Å². The van der Waals surface area contributed by atoms with Crippen LogP contribution in [0.5, 0.6) is 0 Å². The lowest BCUT2D eigenvalue weighted by atomic mass is 10.2. The Kier molecular flexibility index (Phi) is 5.95. The average Bonchev–Trinajstić information content (AvgIpc) is 2.97. The normalized spacial score (nSPS) is 12.0. The Hall–Kier alpha value is -2.52. The fourth-order valence-corrected chi connectivity index (χ4v) is 4.49. The number of rotatable bonds is 7. The fourth-order valence-electron chi connectivity index (χ4n) is 2.95. The molecule has 0 saturated carbocycles. The topological polar surface area (TPSA) is 78.0 Å². The van der Waals surface area contributed by atoms with Crippen LogP contribution in [0.3, 0.4) is 0 Å². The van der Waals surface area contributed by atoms with Gasteiger partial charge in [0.25, 0.3) is 0 Å². The second kappa shape index (κ2) is 8.24. The van der Waals surface area contributed by atoms with Crippen molar-refractivity contribution in [2.45, 2.75) is 13.8 Å². The number of nitrogens with zero attached hydrogens (tertiary/aromatic N) is 4. The van der Waals surface area contributed by atoms with Crippen molar-refractivity contribution < 1.29 is 13.0 Å². The van der Waals surface area contributed by atoms with Crippen molar-refractivity contribution in [1.29, 1.82) is 0 Å². The van der Waals surface area contributed by atoms with Gasteiger partial charge < -0.3 is 4.90 Å². The molecule has 0 unspecified atom stereocenters. The predicted octanol–water partition coefficient (Wildman–Crippen LogP) is 4.36. The lowest BCUT2D eigenvalue weighted by Crippen LogP contribution is -2.25. The molecule has 0 aliphatic rings. The number of aromatic nitrogens is 1. The third-order valence-corrected chi connectivity index (χ3v) is 6.06. The highest BCUT2D eigenvalue weighted by Crippen LogP contribution is 2.33. The SMILES string of the molecule is CCN(CC)c1ccc(N=Nc2sc3ccccc3[n+]2C)c(NS(C)(=O)=O)c1. The van der Waals surface area contributed by atoms with Crippen LogP contribution in [-0.2, 0) is 17.1 Å². The van der Waals surface area contributed by atoms with Crippen LogP contribution in [0.15, 0.2) is 52.7 Å². The quantitative estimate of drug-likeness (QED) is 0.457. The highest BCUT2D eigenvalue weighted by Gasteiger charge is 2.17. The lowest BCUT2D eigenvalue weighted by Gasteiger charge is -2.22. The molecule has 0 atom stereocenters. The van der Waals surface area contributed by atoms with E-state index in [9.17, 15) is 8.42 Å². The Balaban J connectivity index is 2.01. The van der Waals surface area contributed by atoms with Gasteiger partial charge in [0.1, 0.15) is 11.2 Å². The van der Waals surface area contributed by atoms with E-state index in [4.69, 9.17) is 0 Å². The molecule has 3 rings (SSSR count). The molecule has 0 spiro atoms. The summed E-state index contributed by atoms with van der Waals surface area (Å²) in [5.41, 5.74) is 2.90. The van der Waals surface area contributed by atoms with Crippen molar-refractivity contribution in [3.05, 3.63) is 42.5 Å². The van der Waals surface area contributed by atoms with Gasteiger partial charge in [0.05, 0.1) is 28.8 Å². The second-order valence-electron chi connectivity index (χ2n) is 6.36. The molecular weight excluding hydrogens is 394 g/mol. The number of hydrogen-bond acceptors (Lipinski definition) is 6. The third-order valence-electron chi connectivity index (χ3n) is 4.36. The Morgan fingerprint density at radius 1 is 1.11 bits per heavy atom. The molecule has 7 nitrogen and oxygen atoms in total. The Bertz CT molecular complexity index is 1120. The summed E-state index contributed by atoms with van der Waals surface area (Å²) in [5, 5.41) is 9.45. The summed E-state index contributed by atoms with van der Waals surface area (Å²) < 4.78 is 29.3. The highest BCUT2D eigenvalue weighted by atomic mass is 32.2. The van der Waals surface area contributed by atoms with Crippen LogP contribution in [0.2, 0.25) is 0 Å². The summed E-state index contributed by atoms with van der Waals surface area (Å²) in [6.07, 6.45) is 1.13. The molecule has 0 amide bonds. The molecule has 2 aromatic carbocycles. The van der Waals surface area contributed by atoms with Crippen LogP contribution in [0.25, 0.3) is 10.2 Å². The average molecular weight is 419 g/mol. The molecule has 28 heavy (non-hydrogen) atoms. The molecule has 1 N–H and O–H groups in total. The standard InChI is InChI=1S/C19H23N5O2S2/c1-5-24(6-2)14-11-12-15(16(13-14)22-28(4,25)26)20-21-19-23(3)17-9-7-8-10-18(17)27-19/h7-13H,5-6H2,1-4H3/p+1. The van der Waals surface area contributed by atoms with Crippen molar-refractivity contribution in [1.82, 2.24) is 0 Å². The first-order valence-electron chi connectivity index (χ1n) is 8.98. The van der Waals surface area contributed by atoms with Crippen LogP contribution in [0.1, 0.15) is 13.8 Å². The van der Waals surface area contributed by atoms with E-state index < -0.39 is 10.0 Å². The van der Waals surface area contributed by atoms with Gasteiger partial charge in [-0.1, -0.05) is 12.1 Å². The van der Waals surface area contributed by atoms with Gasteiger partial charge in [0.2, 0.25) is 10.0 Å². The van der Waals surface area contributed by atoms with E-state index in [1.165, 1.54) is 11.3 Å². The molecule has 0 aliphatic carbocycles. The maximum Gasteiger partial charge on any atom is 0.409 e. The van der Waals surface area contributed by atoms with E-state index in [0.717, 1.165) is 40.4 Å². The van der Waals surface area contributed by atoms with Crippen LogP contribution in [0, 0.1) is 0 Å². The van der Waals surface area contributed by atoms with Crippen LogP contribution in [-0.4, -0.2) is 27.8 Å². The molecule has 1 heterocycles. The van der Waals surface area contributed by atoms with Crippen molar-refractivity contribution in [3.63, 3.8) is 0 Å². The molecule has 3 aromatic rings. The third kappa shape index (κ3) is 4.48. The monoisotopic (exact) mass is 418 g/mol. The van der Waals surface area contributed by atoms with E-state index in [-0.39, 0.29) is 0 Å². The minimum absolute atomic E-state index is 0.416. The number of anilines is 2. The van der Waals surface area contributed by atoms with Crippen molar-refractivity contribution >= 4 is 53.8 Å². The molecule has 0 aliphatic heterocycles. The van der Waals surface area contributed by atoms with Gasteiger partial charge in [-0.2, -0.15) is 0 Å². The summed E-state index contributed by atoms with van der Waals surface area (Å²) in [6.45, 7) is 5.77. The van der Waals surface area contributed by atoms with E-state index in [1.54, 1.807) is 12.1 Å². The molecule has 0 radical (unpaired) electrons. The summed E-state index contributed by atoms with van der Waals surface area (Å²) in [5.74, 6) is 0. The minimum atomic E-state index is -3.44. The van der Waals surface area contributed by atoms with Crippen molar-refractivity contribution in [2.75, 3.05) is 29.0 Å². The van der Waals surface area contributed by atoms with Gasteiger partial charge >= 0.3 is 5.13 Å². The number of azo groups is 1. The van der Waals surface area contributed by atoms with E-state index in [2.05, 4.69) is 33.7 Å². The molecule has 148 valence electrons. The molecule has 1 aromatic heterocycles. The molecular formula is C19H24N5O2S2+. The molecule has 0 fully saturated rings. The summed E-state index contributed by atoms with van der Waals surface area (Å²) in [4.78, 5) is 2.14. The maximum atomic E-state index is 11.8. The van der Waals surface area contributed by atoms with E-state index in [0.29, 0.717) is 11.4 Å². The van der Waals surface area contributed by atoms with Crippen LogP contribution < -0.4 is 14.2 Å². The first kappa shape index (κ1) is 20.2.